The summed E-state index contributed by atoms with van der Waals surface area (Å²) in [5.41, 5.74) is 2.61. The lowest BCUT2D eigenvalue weighted by Gasteiger charge is -2.05. The van der Waals surface area contributed by atoms with Crippen molar-refractivity contribution in [2.24, 2.45) is 0 Å². The van der Waals surface area contributed by atoms with Crippen molar-refractivity contribution in [1.29, 1.82) is 0 Å². The molecule has 0 N–H and O–H groups in total. The maximum Gasteiger partial charge on any atom is 0.247 e. The maximum atomic E-state index is 6.15. The fourth-order valence-corrected chi connectivity index (χ4v) is 3.76. The first kappa shape index (κ1) is 17.3. The van der Waals surface area contributed by atoms with E-state index in [-0.39, 0.29) is 5.25 Å². The highest BCUT2D eigenvalue weighted by Gasteiger charge is 2.20. The zero-order valence-corrected chi connectivity index (χ0v) is 16.2. The summed E-state index contributed by atoms with van der Waals surface area (Å²) >= 11 is 13.7. The minimum atomic E-state index is -0.119. The van der Waals surface area contributed by atoms with E-state index in [1.54, 1.807) is 16.7 Å². The van der Waals surface area contributed by atoms with Crippen LogP contribution in [-0.4, -0.2) is 24.8 Å². The Hall–Kier alpha value is -2.09. The quantitative estimate of drug-likeness (QED) is 0.432. The number of aryl methyl sites for hydroxylation is 1. The van der Waals surface area contributed by atoms with E-state index in [1.165, 1.54) is 17.3 Å². The van der Waals surface area contributed by atoms with Gasteiger partial charge in [0.25, 0.3) is 0 Å². The first-order valence-electron chi connectivity index (χ1n) is 7.78. The van der Waals surface area contributed by atoms with Crippen molar-refractivity contribution < 1.29 is 4.42 Å². The Morgan fingerprint density at radius 3 is 2.62 bits per heavy atom. The monoisotopic (exact) mass is 405 g/mol. The Balaban J connectivity index is 1.59. The molecule has 3 aromatic heterocycles. The Kier molecular flexibility index (Phi) is 4.60. The molecule has 0 amide bonds. The lowest BCUT2D eigenvalue weighted by molar-refractivity contribution is 0.509. The van der Waals surface area contributed by atoms with Crippen LogP contribution in [0.25, 0.3) is 17.1 Å². The van der Waals surface area contributed by atoms with Crippen molar-refractivity contribution in [3.63, 3.8) is 0 Å². The molecule has 4 aromatic rings. The lowest BCUT2D eigenvalue weighted by Crippen LogP contribution is -1.93. The van der Waals surface area contributed by atoms with Crippen LogP contribution >= 0.6 is 35.0 Å². The fourth-order valence-electron chi connectivity index (χ4n) is 2.40. The summed E-state index contributed by atoms with van der Waals surface area (Å²) in [6, 6.07) is 9.57. The van der Waals surface area contributed by atoms with Crippen LogP contribution in [-0.2, 0) is 0 Å². The molecular formula is C17H13Cl2N5OS. The van der Waals surface area contributed by atoms with E-state index in [1.807, 2.05) is 38.1 Å². The van der Waals surface area contributed by atoms with Gasteiger partial charge in [0.1, 0.15) is 0 Å². The fraction of sp³-hybridized carbons (Fsp3) is 0.176. The second-order valence-corrected chi connectivity index (χ2v) is 7.91. The van der Waals surface area contributed by atoms with Gasteiger partial charge in [0, 0.05) is 11.8 Å². The van der Waals surface area contributed by atoms with E-state index in [0.29, 0.717) is 32.6 Å². The number of thioether (sulfide) groups is 1. The maximum absolute atomic E-state index is 6.15. The average molecular weight is 406 g/mol. The number of hydrogen-bond acceptors (Lipinski definition) is 6. The van der Waals surface area contributed by atoms with Crippen LogP contribution < -0.4 is 0 Å². The molecule has 0 aliphatic rings. The molecule has 1 unspecified atom stereocenters. The van der Waals surface area contributed by atoms with Crippen molar-refractivity contribution >= 4 is 40.6 Å². The van der Waals surface area contributed by atoms with Gasteiger partial charge in [-0.15, -0.1) is 20.4 Å². The summed E-state index contributed by atoms with van der Waals surface area (Å²) in [5.74, 6) is 1.00. The second-order valence-electron chi connectivity index (χ2n) is 5.75. The van der Waals surface area contributed by atoms with Crippen molar-refractivity contribution in [1.82, 2.24) is 24.8 Å². The molecule has 1 atom stereocenters. The lowest BCUT2D eigenvalue weighted by atomic mass is 10.1. The first-order valence-corrected chi connectivity index (χ1v) is 9.41. The summed E-state index contributed by atoms with van der Waals surface area (Å²) in [5, 5.41) is 18.1. The van der Waals surface area contributed by atoms with E-state index in [2.05, 4.69) is 20.4 Å². The number of aromatic nitrogens is 5. The molecular weight excluding hydrogens is 393 g/mol. The Morgan fingerprint density at radius 1 is 1.08 bits per heavy atom. The van der Waals surface area contributed by atoms with Gasteiger partial charge in [-0.2, -0.15) is 0 Å². The number of hydrogen-bond donors (Lipinski definition) is 0. The highest BCUT2D eigenvalue weighted by atomic mass is 35.5. The number of rotatable bonds is 4. The molecule has 9 heteroatoms. The number of halogens is 2. The van der Waals surface area contributed by atoms with Gasteiger partial charge in [0.05, 0.1) is 15.3 Å². The number of fused-ring (bicyclic) bond motifs is 1. The van der Waals surface area contributed by atoms with Gasteiger partial charge in [0.15, 0.2) is 10.8 Å². The van der Waals surface area contributed by atoms with Gasteiger partial charge < -0.3 is 4.42 Å². The van der Waals surface area contributed by atoms with Crippen LogP contribution in [0.3, 0.4) is 0 Å². The third-order valence-corrected chi connectivity index (χ3v) is 5.29. The van der Waals surface area contributed by atoms with Crippen LogP contribution in [0.15, 0.2) is 46.1 Å². The second kappa shape index (κ2) is 6.90. The topological polar surface area (TPSA) is 69.1 Å². The zero-order chi connectivity index (χ0) is 18.3. The average Bonchev–Trinajstić information content (AvgIpc) is 3.24. The van der Waals surface area contributed by atoms with Gasteiger partial charge in [-0.25, -0.2) is 0 Å². The molecule has 0 radical (unpaired) electrons. The normalized spacial score (nSPS) is 12.6. The standard InChI is InChI=1S/C17H13Cl2N5OS/c1-9-3-5-11(6-4-9)16-22-21-15(25-16)10(2)26-17-23-20-14-13(19)7-12(18)8-24(14)17/h3-8,10H,1-2H3. The van der Waals surface area contributed by atoms with Crippen molar-refractivity contribution in [3.8, 4) is 11.5 Å². The Bertz CT molecular complexity index is 1080. The molecule has 0 fully saturated rings. The molecule has 3 heterocycles. The minimum absolute atomic E-state index is 0.119. The number of benzene rings is 1. The molecule has 1 aromatic carbocycles. The summed E-state index contributed by atoms with van der Waals surface area (Å²) in [6.07, 6.45) is 1.73. The molecule has 0 aliphatic carbocycles. The predicted octanol–water partition coefficient (Wildman–Crippen LogP) is 5.25. The van der Waals surface area contributed by atoms with Crippen LogP contribution in [0, 0.1) is 6.92 Å². The number of pyridine rings is 1. The van der Waals surface area contributed by atoms with Gasteiger partial charge in [0.2, 0.25) is 11.8 Å². The molecule has 0 spiro atoms. The summed E-state index contributed by atoms with van der Waals surface area (Å²) < 4.78 is 7.58. The molecule has 0 saturated heterocycles. The summed E-state index contributed by atoms with van der Waals surface area (Å²) in [6.45, 7) is 3.99. The SMILES string of the molecule is Cc1ccc(-c2nnc(C(C)Sc3nnc4c(Cl)cc(Cl)cn34)o2)cc1. The predicted molar refractivity (Wildman–Crippen MR) is 102 cm³/mol. The van der Waals surface area contributed by atoms with Crippen molar-refractivity contribution in [2.45, 2.75) is 24.3 Å². The van der Waals surface area contributed by atoms with E-state index < -0.39 is 0 Å². The van der Waals surface area contributed by atoms with Gasteiger partial charge >= 0.3 is 0 Å². The van der Waals surface area contributed by atoms with E-state index in [9.17, 15) is 0 Å². The molecule has 0 bridgehead atoms. The number of nitrogens with zero attached hydrogens (tertiary/aromatic N) is 5. The van der Waals surface area contributed by atoms with E-state index in [0.717, 1.165) is 5.56 Å². The highest BCUT2D eigenvalue weighted by Crippen LogP contribution is 2.35. The third kappa shape index (κ3) is 3.30. The Labute approximate surface area is 163 Å². The molecule has 26 heavy (non-hydrogen) atoms. The van der Waals surface area contributed by atoms with E-state index >= 15 is 0 Å². The first-order chi connectivity index (χ1) is 12.5. The Morgan fingerprint density at radius 2 is 1.85 bits per heavy atom. The highest BCUT2D eigenvalue weighted by molar-refractivity contribution is 7.99. The van der Waals surface area contributed by atoms with Gasteiger partial charge in [-0.05, 0) is 32.0 Å². The van der Waals surface area contributed by atoms with Gasteiger partial charge in [-0.3, -0.25) is 4.40 Å². The largest absolute Gasteiger partial charge is 0.419 e. The van der Waals surface area contributed by atoms with Crippen LogP contribution in [0.2, 0.25) is 10.0 Å². The van der Waals surface area contributed by atoms with Crippen molar-refractivity contribution in [3.05, 3.63) is 58.0 Å². The molecule has 132 valence electrons. The smallest absolute Gasteiger partial charge is 0.247 e. The van der Waals surface area contributed by atoms with E-state index in [4.69, 9.17) is 27.6 Å². The van der Waals surface area contributed by atoms with Gasteiger partial charge in [-0.1, -0.05) is 52.7 Å². The molecule has 4 rings (SSSR count). The molecule has 0 aliphatic heterocycles. The summed E-state index contributed by atoms with van der Waals surface area (Å²) in [4.78, 5) is 0. The zero-order valence-electron chi connectivity index (χ0n) is 13.8. The van der Waals surface area contributed by atoms with Crippen LogP contribution in [0.5, 0.6) is 0 Å². The summed E-state index contributed by atoms with van der Waals surface area (Å²) in [7, 11) is 0. The van der Waals surface area contributed by atoms with Crippen LogP contribution in [0.1, 0.15) is 23.6 Å². The molecule has 6 nitrogen and oxygen atoms in total. The third-order valence-electron chi connectivity index (χ3n) is 3.76. The van der Waals surface area contributed by atoms with Crippen LogP contribution in [0.4, 0.5) is 0 Å². The van der Waals surface area contributed by atoms with Crippen molar-refractivity contribution in [2.75, 3.05) is 0 Å². The minimum Gasteiger partial charge on any atom is -0.419 e. The molecule has 0 saturated carbocycles.